The first-order valence-electron chi connectivity index (χ1n) is 10.1. The molecule has 134 valence electrons. The molecule has 1 aliphatic heterocycles. The topological polar surface area (TPSA) is 12.4 Å². The molecule has 3 aliphatic rings. The molecule has 0 saturated carbocycles. The van der Waals surface area contributed by atoms with Crippen molar-refractivity contribution in [2.24, 2.45) is 4.99 Å². The number of hydrogen-bond acceptors (Lipinski definition) is 1. The van der Waals surface area contributed by atoms with Crippen LogP contribution in [0, 0.1) is 0 Å². The summed E-state index contributed by atoms with van der Waals surface area (Å²) in [6.07, 6.45) is 0. The second-order valence-electron chi connectivity index (χ2n) is 7.92. The first-order chi connectivity index (χ1) is 14.4. The van der Waals surface area contributed by atoms with E-state index in [-0.39, 0.29) is 5.92 Å². The van der Waals surface area contributed by atoms with Gasteiger partial charge in [-0.2, -0.15) is 0 Å². The minimum absolute atomic E-state index is 0.149. The number of para-hydroxylation sites is 1. The van der Waals surface area contributed by atoms with Crippen molar-refractivity contribution < 1.29 is 0 Å². The SMILES string of the molecule is c1ccc(C2C3=Nc4ccccc4C3=c3cccc4c3=C2c2ccccc2-4)cc1. The molecule has 0 saturated heterocycles. The van der Waals surface area contributed by atoms with Crippen molar-refractivity contribution in [3.8, 4) is 11.1 Å². The maximum Gasteiger partial charge on any atom is 0.0712 e. The van der Waals surface area contributed by atoms with Gasteiger partial charge in [-0.3, -0.25) is 4.99 Å². The monoisotopic (exact) mass is 367 g/mol. The van der Waals surface area contributed by atoms with Gasteiger partial charge in [0.15, 0.2) is 0 Å². The normalized spacial score (nSPS) is 17.4. The van der Waals surface area contributed by atoms with Crippen molar-refractivity contribution in [3.05, 3.63) is 124 Å². The van der Waals surface area contributed by atoms with Crippen molar-refractivity contribution in [2.75, 3.05) is 0 Å². The third-order valence-corrected chi connectivity index (χ3v) is 6.48. The highest BCUT2D eigenvalue weighted by molar-refractivity contribution is 6.35. The highest BCUT2D eigenvalue weighted by atomic mass is 14.8. The molecule has 2 aliphatic carbocycles. The van der Waals surface area contributed by atoms with Crippen molar-refractivity contribution in [1.82, 2.24) is 0 Å². The van der Waals surface area contributed by atoms with Gasteiger partial charge in [0, 0.05) is 11.1 Å². The fourth-order valence-corrected chi connectivity index (χ4v) is 5.37. The zero-order valence-corrected chi connectivity index (χ0v) is 15.8. The fourth-order valence-electron chi connectivity index (χ4n) is 5.37. The summed E-state index contributed by atoms with van der Waals surface area (Å²) < 4.78 is 0. The van der Waals surface area contributed by atoms with Crippen LogP contribution in [0.15, 0.2) is 102 Å². The highest BCUT2D eigenvalue weighted by Crippen LogP contribution is 2.47. The van der Waals surface area contributed by atoms with Crippen LogP contribution < -0.4 is 10.4 Å². The molecule has 29 heavy (non-hydrogen) atoms. The van der Waals surface area contributed by atoms with E-state index in [1.807, 2.05) is 0 Å². The Bertz CT molecular complexity index is 1490. The second kappa shape index (κ2) is 5.42. The van der Waals surface area contributed by atoms with E-state index < -0.39 is 0 Å². The summed E-state index contributed by atoms with van der Waals surface area (Å²) >= 11 is 0. The lowest BCUT2D eigenvalue weighted by Gasteiger charge is -2.25. The molecule has 4 aromatic rings. The summed E-state index contributed by atoms with van der Waals surface area (Å²) in [5.41, 5.74) is 11.6. The molecule has 0 fully saturated rings. The van der Waals surface area contributed by atoms with Crippen LogP contribution in [-0.4, -0.2) is 5.71 Å². The van der Waals surface area contributed by atoms with Gasteiger partial charge < -0.3 is 0 Å². The lowest BCUT2D eigenvalue weighted by atomic mass is 9.77. The van der Waals surface area contributed by atoms with Crippen LogP contribution in [-0.2, 0) is 0 Å². The first kappa shape index (κ1) is 15.2. The molecule has 0 amide bonds. The number of rotatable bonds is 1. The van der Waals surface area contributed by atoms with Crippen LogP contribution in [0.3, 0.4) is 0 Å². The van der Waals surface area contributed by atoms with Crippen LogP contribution >= 0.6 is 0 Å². The third-order valence-electron chi connectivity index (χ3n) is 6.48. The maximum absolute atomic E-state index is 5.18. The van der Waals surface area contributed by atoms with Crippen molar-refractivity contribution in [2.45, 2.75) is 5.92 Å². The first-order valence-corrected chi connectivity index (χ1v) is 10.1. The van der Waals surface area contributed by atoms with Gasteiger partial charge in [-0.25, -0.2) is 0 Å². The Kier molecular flexibility index (Phi) is 2.85. The van der Waals surface area contributed by atoms with Gasteiger partial charge in [0.05, 0.1) is 17.3 Å². The molecule has 1 unspecified atom stereocenters. The van der Waals surface area contributed by atoms with Gasteiger partial charge in [-0.1, -0.05) is 91.0 Å². The smallest absolute Gasteiger partial charge is 0.0712 e. The van der Waals surface area contributed by atoms with Crippen molar-refractivity contribution in [3.63, 3.8) is 0 Å². The summed E-state index contributed by atoms with van der Waals surface area (Å²) in [5.74, 6) is 0.149. The lowest BCUT2D eigenvalue weighted by Crippen LogP contribution is -2.38. The molecule has 0 radical (unpaired) electrons. The number of benzene rings is 4. The number of aliphatic imine (C=N–C) groups is 1. The molecule has 0 spiro atoms. The molecule has 1 atom stereocenters. The van der Waals surface area contributed by atoms with Gasteiger partial charge in [-0.15, -0.1) is 0 Å². The minimum atomic E-state index is 0.149. The van der Waals surface area contributed by atoms with Crippen LogP contribution in [0.4, 0.5) is 5.69 Å². The van der Waals surface area contributed by atoms with Gasteiger partial charge in [0.2, 0.25) is 0 Å². The minimum Gasteiger partial charge on any atom is -0.251 e. The van der Waals surface area contributed by atoms with Gasteiger partial charge >= 0.3 is 0 Å². The predicted octanol–water partition coefficient (Wildman–Crippen LogP) is 4.95. The van der Waals surface area contributed by atoms with E-state index in [0.717, 1.165) is 5.69 Å². The van der Waals surface area contributed by atoms with E-state index in [1.54, 1.807) is 0 Å². The molecular formula is C28H17N. The quantitative estimate of drug-likeness (QED) is 0.451. The van der Waals surface area contributed by atoms with E-state index in [2.05, 4.69) is 97.1 Å². The van der Waals surface area contributed by atoms with E-state index in [4.69, 9.17) is 4.99 Å². The van der Waals surface area contributed by atoms with Crippen molar-refractivity contribution in [1.29, 1.82) is 0 Å². The summed E-state index contributed by atoms with van der Waals surface area (Å²) in [7, 11) is 0. The molecule has 1 heteroatoms. The van der Waals surface area contributed by atoms with E-state index >= 15 is 0 Å². The molecule has 0 N–H and O–H groups in total. The Labute approximate surface area is 169 Å². The molecular weight excluding hydrogens is 350 g/mol. The van der Waals surface area contributed by atoms with E-state index in [1.165, 1.54) is 55.1 Å². The predicted molar refractivity (Wildman–Crippen MR) is 119 cm³/mol. The highest BCUT2D eigenvalue weighted by Gasteiger charge is 2.38. The summed E-state index contributed by atoms with van der Waals surface area (Å²) in [4.78, 5) is 5.18. The fraction of sp³-hybridized carbons (Fsp3) is 0.0357. The largest absolute Gasteiger partial charge is 0.251 e. The zero-order valence-electron chi connectivity index (χ0n) is 15.8. The number of nitrogens with zero attached hydrogens (tertiary/aromatic N) is 1. The number of hydrogen-bond donors (Lipinski definition) is 0. The Hall–Kier alpha value is -3.71. The summed E-state index contributed by atoms with van der Waals surface area (Å²) in [6.45, 7) is 0. The molecule has 0 aromatic heterocycles. The average molecular weight is 367 g/mol. The van der Waals surface area contributed by atoms with E-state index in [9.17, 15) is 0 Å². The van der Waals surface area contributed by atoms with Gasteiger partial charge in [0.1, 0.15) is 0 Å². The molecule has 4 aromatic carbocycles. The second-order valence-corrected chi connectivity index (χ2v) is 7.92. The van der Waals surface area contributed by atoms with Gasteiger partial charge in [0.25, 0.3) is 0 Å². The molecule has 1 nitrogen and oxygen atoms in total. The number of fused-ring (bicyclic) bond motifs is 6. The Morgan fingerprint density at radius 3 is 2.10 bits per heavy atom. The Morgan fingerprint density at radius 1 is 0.552 bits per heavy atom. The zero-order chi connectivity index (χ0) is 18.9. The summed E-state index contributed by atoms with van der Waals surface area (Å²) in [6, 6.07) is 35.0. The third kappa shape index (κ3) is 1.87. The average Bonchev–Trinajstić information content (AvgIpc) is 3.33. The maximum atomic E-state index is 5.18. The van der Waals surface area contributed by atoms with Crippen LogP contribution in [0.1, 0.15) is 22.6 Å². The van der Waals surface area contributed by atoms with Crippen molar-refractivity contribution >= 4 is 22.5 Å². The van der Waals surface area contributed by atoms with Crippen LogP contribution in [0.2, 0.25) is 0 Å². The summed E-state index contributed by atoms with van der Waals surface area (Å²) in [5, 5.41) is 2.72. The lowest BCUT2D eigenvalue weighted by molar-refractivity contribution is 1.15. The molecule has 7 rings (SSSR count). The van der Waals surface area contributed by atoms with Crippen LogP contribution in [0.5, 0.6) is 0 Å². The van der Waals surface area contributed by atoms with Crippen LogP contribution in [0.25, 0.3) is 22.3 Å². The molecule has 1 heterocycles. The standard InChI is InChI=1S/C28H17N/c1-2-9-17(10-3-1)24-27-20-12-5-4-11-18(20)19-14-8-15-22(25(19)27)26-21-13-6-7-16-23(21)29-28(24)26/h1-16,24H. The van der Waals surface area contributed by atoms with Gasteiger partial charge in [-0.05, 0) is 44.3 Å². The molecule has 0 bridgehead atoms. The Morgan fingerprint density at radius 2 is 1.24 bits per heavy atom. The Balaban J connectivity index is 1.71. The van der Waals surface area contributed by atoms with E-state index in [0.29, 0.717) is 0 Å².